The van der Waals surface area contributed by atoms with E-state index in [9.17, 15) is 5.11 Å². The maximum absolute atomic E-state index is 11.3. The second-order valence-corrected chi connectivity index (χ2v) is 12.1. The van der Waals surface area contributed by atoms with Crippen molar-refractivity contribution < 1.29 is 9.52 Å². The van der Waals surface area contributed by atoms with Crippen molar-refractivity contribution in [2.24, 2.45) is 0 Å². The van der Waals surface area contributed by atoms with Crippen molar-refractivity contribution in [2.75, 3.05) is 0 Å². The highest BCUT2D eigenvalue weighted by Gasteiger charge is 2.23. The molecule has 0 amide bonds. The minimum atomic E-state index is -0.183. The molecular formula is C38H29N3O2. The van der Waals surface area contributed by atoms with Gasteiger partial charge in [-0.1, -0.05) is 93.6 Å². The average Bonchev–Trinajstić information content (AvgIpc) is 3.56. The number of rotatable bonds is 3. The molecule has 0 unspecified atom stereocenters. The van der Waals surface area contributed by atoms with Crippen LogP contribution in [0.25, 0.3) is 72.1 Å². The normalized spacial score (nSPS) is 12.2. The van der Waals surface area contributed by atoms with Crippen molar-refractivity contribution in [2.45, 2.75) is 26.2 Å². The molecule has 4 aromatic heterocycles. The van der Waals surface area contributed by atoms with E-state index in [-0.39, 0.29) is 5.41 Å². The van der Waals surface area contributed by atoms with Crippen LogP contribution in [0.4, 0.5) is 0 Å². The molecule has 0 saturated heterocycles. The summed E-state index contributed by atoms with van der Waals surface area (Å²) in [5, 5.41) is 15.5. The Hall–Kier alpha value is -5.42. The quantitative estimate of drug-likeness (QED) is 0.234. The van der Waals surface area contributed by atoms with Crippen LogP contribution >= 0.6 is 0 Å². The van der Waals surface area contributed by atoms with Crippen molar-refractivity contribution in [3.8, 4) is 34.0 Å². The molecule has 43 heavy (non-hydrogen) atoms. The number of hydrogen-bond acceptors (Lipinski definition) is 4. The van der Waals surface area contributed by atoms with Crippen molar-refractivity contribution in [3.63, 3.8) is 0 Å². The predicted octanol–water partition coefficient (Wildman–Crippen LogP) is 9.81. The first-order valence-corrected chi connectivity index (χ1v) is 14.5. The third-order valence-corrected chi connectivity index (χ3v) is 8.30. The molecule has 0 spiro atoms. The van der Waals surface area contributed by atoms with E-state index in [1.807, 2.05) is 66.9 Å². The molecule has 0 aliphatic carbocycles. The number of benzene rings is 4. The van der Waals surface area contributed by atoms with Gasteiger partial charge in [-0.05, 0) is 52.9 Å². The molecule has 8 rings (SSSR count). The number of pyridine rings is 2. The molecule has 8 aromatic rings. The molecule has 4 heterocycles. The smallest absolute Gasteiger partial charge is 0.183 e. The van der Waals surface area contributed by atoms with Crippen LogP contribution in [-0.4, -0.2) is 19.6 Å². The third-order valence-electron chi connectivity index (χ3n) is 8.30. The topological polar surface area (TPSA) is 64.1 Å². The number of furan rings is 1. The Morgan fingerprint density at radius 1 is 0.698 bits per heavy atom. The van der Waals surface area contributed by atoms with Crippen LogP contribution in [0, 0.1) is 0 Å². The number of aromatic hydroxyl groups is 1. The number of fused-ring (bicyclic) bond motifs is 6. The van der Waals surface area contributed by atoms with Gasteiger partial charge in [-0.2, -0.15) is 0 Å². The van der Waals surface area contributed by atoms with Gasteiger partial charge in [0.05, 0.1) is 11.2 Å². The van der Waals surface area contributed by atoms with Crippen LogP contribution in [0.15, 0.2) is 120 Å². The molecule has 1 N–H and O–H groups in total. The summed E-state index contributed by atoms with van der Waals surface area (Å²) < 4.78 is 8.62. The molecule has 0 atom stereocenters. The number of phenols is 1. The molecule has 4 aromatic carbocycles. The summed E-state index contributed by atoms with van der Waals surface area (Å²) in [6.07, 6.45) is 1.82. The SMILES string of the molecule is CC(C)(C)c1cccc(-c2cccc(-c3cc4c(oc5ccccc54)c(-n4c5ccccc5c5cccnc54)n3)c2)c1O. The Bertz CT molecular complexity index is 2300. The Kier molecular flexibility index (Phi) is 5.47. The molecule has 208 valence electrons. The molecule has 5 nitrogen and oxygen atoms in total. The highest BCUT2D eigenvalue weighted by atomic mass is 16.3. The van der Waals surface area contributed by atoms with E-state index in [4.69, 9.17) is 14.4 Å². The van der Waals surface area contributed by atoms with E-state index in [1.165, 1.54) is 0 Å². The van der Waals surface area contributed by atoms with Crippen LogP contribution in [0.3, 0.4) is 0 Å². The summed E-state index contributed by atoms with van der Waals surface area (Å²) in [6, 6.07) is 36.8. The predicted molar refractivity (Wildman–Crippen MR) is 175 cm³/mol. The zero-order chi connectivity index (χ0) is 29.3. The molecule has 0 bridgehead atoms. The monoisotopic (exact) mass is 559 g/mol. The number of hydrogen-bond donors (Lipinski definition) is 1. The first kappa shape index (κ1) is 25.3. The fraction of sp³-hybridized carbons (Fsp3) is 0.105. The van der Waals surface area contributed by atoms with Gasteiger partial charge in [0.25, 0.3) is 0 Å². The molecule has 0 aliphatic heterocycles. The Balaban J connectivity index is 1.42. The van der Waals surface area contributed by atoms with Crippen molar-refractivity contribution in [3.05, 3.63) is 121 Å². The Morgan fingerprint density at radius 2 is 1.44 bits per heavy atom. The lowest BCUT2D eigenvalue weighted by Gasteiger charge is -2.22. The van der Waals surface area contributed by atoms with Gasteiger partial charge < -0.3 is 9.52 Å². The minimum absolute atomic E-state index is 0.183. The van der Waals surface area contributed by atoms with Crippen molar-refractivity contribution >= 4 is 43.9 Å². The second kappa shape index (κ2) is 9.30. The fourth-order valence-electron chi connectivity index (χ4n) is 6.25. The van der Waals surface area contributed by atoms with Crippen LogP contribution in [-0.2, 0) is 5.41 Å². The largest absolute Gasteiger partial charge is 0.507 e. The summed E-state index contributed by atoms with van der Waals surface area (Å²) in [4.78, 5) is 10.1. The van der Waals surface area contributed by atoms with E-state index in [2.05, 4.69) is 73.9 Å². The van der Waals surface area contributed by atoms with E-state index in [1.54, 1.807) is 0 Å². The Labute approximate surface area is 248 Å². The molecule has 0 saturated carbocycles. The number of phenolic OH excluding ortho intramolecular Hbond substituents is 1. The van der Waals surface area contributed by atoms with Crippen LogP contribution in [0.1, 0.15) is 26.3 Å². The first-order chi connectivity index (χ1) is 20.9. The molecule has 0 fully saturated rings. The number of nitrogens with zero attached hydrogens (tertiary/aromatic N) is 3. The third kappa shape index (κ3) is 3.92. The van der Waals surface area contributed by atoms with Gasteiger partial charge >= 0.3 is 0 Å². The van der Waals surface area contributed by atoms with E-state index in [0.717, 1.165) is 66.2 Å². The van der Waals surface area contributed by atoms with Gasteiger partial charge in [0, 0.05) is 38.9 Å². The highest BCUT2D eigenvalue weighted by Crippen LogP contribution is 2.41. The summed E-state index contributed by atoms with van der Waals surface area (Å²) in [7, 11) is 0. The first-order valence-electron chi connectivity index (χ1n) is 14.5. The second-order valence-electron chi connectivity index (χ2n) is 12.1. The van der Waals surface area contributed by atoms with E-state index in [0.29, 0.717) is 17.2 Å². The van der Waals surface area contributed by atoms with Crippen molar-refractivity contribution in [1.82, 2.24) is 14.5 Å². The molecule has 5 heteroatoms. The zero-order valence-electron chi connectivity index (χ0n) is 24.2. The summed E-state index contributed by atoms with van der Waals surface area (Å²) >= 11 is 0. The van der Waals surface area contributed by atoms with Crippen LogP contribution in [0.2, 0.25) is 0 Å². The van der Waals surface area contributed by atoms with Crippen LogP contribution < -0.4 is 0 Å². The van der Waals surface area contributed by atoms with Gasteiger partial charge in [0.2, 0.25) is 0 Å². The highest BCUT2D eigenvalue weighted by molar-refractivity contribution is 6.12. The summed E-state index contributed by atoms with van der Waals surface area (Å²) in [5.41, 5.74) is 7.58. The van der Waals surface area contributed by atoms with E-state index < -0.39 is 0 Å². The number of para-hydroxylation sites is 3. The number of aromatic nitrogens is 3. The standard InChI is InChI=1S/C38H29N3O2/c1-38(2,3)30-17-9-15-25(34(30)42)23-11-8-12-24(21-23)31-22-29-27-14-5-7-19-33(27)43-35(29)37(40-31)41-32-18-6-4-13-26(32)28-16-10-20-39-36(28)41/h4-22,42H,1-3H3. The lowest BCUT2D eigenvalue weighted by atomic mass is 9.84. The summed E-state index contributed by atoms with van der Waals surface area (Å²) in [5.74, 6) is 1.00. The van der Waals surface area contributed by atoms with Gasteiger partial charge in [0.15, 0.2) is 11.4 Å². The molecular weight excluding hydrogens is 530 g/mol. The van der Waals surface area contributed by atoms with Gasteiger partial charge in [-0.15, -0.1) is 0 Å². The molecule has 0 radical (unpaired) electrons. The Morgan fingerprint density at radius 3 is 2.30 bits per heavy atom. The lowest BCUT2D eigenvalue weighted by Crippen LogP contribution is -2.11. The zero-order valence-corrected chi connectivity index (χ0v) is 24.2. The molecule has 0 aliphatic rings. The maximum atomic E-state index is 11.3. The summed E-state index contributed by atoms with van der Waals surface area (Å²) in [6.45, 7) is 6.34. The van der Waals surface area contributed by atoms with Gasteiger partial charge in [0.1, 0.15) is 17.0 Å². The average molecular weight is 560 g/mol. The van der Waals surface area contributed by atoms with Gasteiger partial charge in [-0.3, -0.25) is 4.57 Å². The fourth-order valence-corrected chi connectivity index (χ4v) is 6.25. The van der Waals surface area contributed by atoms with Gasteiger partial charge in [-0.25, -0.2) is 9.97 Å². The van der Waals surface area contributed by atoms with Crippen molar-refractivity contribution in [1.29, 1.82) is 0 Å². The maximum Gasteiger partial charge on any atom is 0.183 e. The van der Waals surface area contributed by atoms with Crippen LogP contribution in [0.5, 0.6) is 5.75 Å². The van der Waals surface area contributed by atoms with E-state index >= 15 is 0 Å². The minimum Gasteiger partial charge on any atom is -0.507 e. The lowest BCUT2D eigenvalue weighted by molar-refractivity contribution is 0.448.